The number of carboxylic acids is 1. The van der Waals surface area contributed by atoms with E-state index in [4.69, 9.17) is 23.2 Å². The fourth-order valence-electron chi connectivity index (χ4n) is 3.08. The maximum atomic E-state index is 12.4. The molecule has 0 radical (unpaired) electrons. The van der Waals surface area contributed by atoms with Crippen molar-refractivity contribution in [2.45, 2.75) is 19.9 Å². The van der Waals surface area contributed by atoms with Gasteiger partial charge in [0.15, 0.2) is 0 Å². The highest BCUT2D eigenvalue weighted by Gasteiger charge is 2.30. The van der Waals surface area contributed by atoms with Crippen LogP contribution in [0.15, 0.2) is 18.2 Å². The molecule has 0 aromatic heterocycles. The van der Waals surface area contributed by atoms with Gasteiger partial charge in [-0.3, -0.25) is 14.5 Å². The van der Waals surface area contributed by atoms with Gasteiger partial charge in [-0.1, -0.05) is 36.2 Å². The Balaban J connectivity index is 1.93. The summed E-state index contributed by atoms with van der Waals surface area (Å²) < 4.78 is 0. The molecule has 0 saturated carbocycles. The Morgan fingerprint density at radius 1 is 1.29 bits per heavy atom. The van der Waals surface area contributed by atoms with Crippen LogP contribution in [0.2, 0.25) is 10.0 Å². The van der Waals surface area contributed by atoms with Gasteiger partial charge in [0.25, 0.3) is 0 Å². The van der Waals surface area contributed by atoms with E-state index >= 15 is 0 Å². The number of aliphatic carboxylic acids is 1. The number of rotatable bonds is 5. The molecular weight excluding hydrogens is 351 g/mol. The van der Waals surface area contributed by atoms with Crippen molar-refractivity contribution in [2.75, 3.05) is 26.7 Å². The molecule has 0 bridgehead atoms. The van der Waals surface area contributed by atoms with Crippen molar-refractivity contribution < 1.29 is 14.7 Å². The summed E-state index contributed by atoms with van der Waals surface area (Å²) in [5, 5.41) is 10.2. The fraction of sp³-hybridized carbons (Fsp3) is 0.529. The van der Waals surface area contributed by atoms with Crippen LogP contribution in [-0.4, -0.2) is 53.5 Å². The van der Waals surface area contributed by atoms with E-state index in [1.54, 1.807) is 24.1 Å². The Hall–Kier alpha value is -1.30. The summed E-state index contributed by atoms with van der Waals surface area (Å²) in [7, 11) is 1.73. The van der Waals surface area contributed by atoms with Gasteiger partial charge in [0.05, 0.1) is 22.5 Å². The number of benzene rings is 1. The number of hydrogen-bond donors (Lipinski definition) is 1. The second-order valence-electron chi connectivity index (χ2n) is 6.57. The smallest absolute Gasteiger partial charge is 0.307 e. The highest BCUT2D eigenvalue weighted by molar-refractivity contribution is 6.42. The fourth-order valence-corrected chi connectivity index (χ4v) is 3.40. The molecule has 1 aliphatic heterocycles. The van der Waals surface area contributed by atoms with E-state index in [2.05, 4.69) is 0 Å². The minimum atomic E-state index is -0.789. The SMILES string of the molecule is CC1CC(C(=O)O)CN(CC(=O)N(C)Cc2ccc(Cl)c(Cl)c2)C1. The van der Waals surface area contributed by atoms with Crippen molar-refractivity contribution in [2.24, 2.45) is 11.8 Å². The van der Waals surface area contributed by atoms with Crippen molar-refractivity contribution in [3.63, 3.8) is 0 Å². The summed E-state index contributed by atoms with van der Waals surface area (Å²) in [6, 6.07) is 5.29. The second-order valence-corrected chi connectivity index (χ2v) is 7.38. The summed E-state index contributed by atoms with van der Waals surface area (Å²) in [6.07, 6.45) is 0.666. The molecule has 5 nitrogen and oxygen atoms in total. The largest absolute Gasteiger partial charge is 0.481 e. The molecule has 0 aliphatic carbocycles. The van der Waals surface area contributed by atoms with Crippen LogP contribution in [0.3, 0.4) is 0 Å². The molecule has 1 amide bonds. The Morgan fingerprint density at radius 3 is 2.62 bits per heavy atom. The molecule has 1 saturated heterocycles. The minimum absolute atomic E-state index is 0.0423. The van der Waals surface area contributed by atoms with Crippen LogP contribution in [0.1, 0.15) is 18.9 Å². The van der Waals surface area contributed by atoms with Crippen LogP contribution in [0.25, 0.3) is 0 Å². The van der Waals surface area contributed by atoms with Crippen molar-refractivity contribution in [1.82, 2.24) is 9.80 Å². The lowest BCUT2D eigenvalue weighted by Crippen LogP contribution is -2.47. The molecule has 1 aromatic carbocycles. The average Bonchev–Trinajstić information content (AvgIpc) is 2.50. The molecule has 1 aromatic rings. The molecule has 2 rings (SSSR count). The molecule has 24 heavy (non-hydrogen) atoms. The van der Waals surface area contributed by atoms with Crippen LogP contribution in [0.4, 0.5) is 0 Å². The standard InChI is InChI=1S/C17H22Cl2N2O3/c1-11-5-13(17(23)24)9-21(7-11)10-16(22)20(2)8-12-3-4-14(18)15(19)6-12/h3-4,6,11,13H,5,7-10H2,1-2H3,(H,23,24). The molecule has 1 aliphatic rings. The predicted molar refractivity (Wildman–Crippen MR) is 94.3 cm³/mol. The maximum absolute atomic E-state index is 12.4. The molecular formula is C17H22Cl2N2O3. The van der Waals surface area contributed by atoms with Gasteiger partial charge in [0.1, 0.15) is 0 Å². The van der Waals surface area contributed by atoms with E-state index < -0.39 is 11.9 Å². The molecule has 0 spiro atoms. The predicted octanol–water partition coefficient (Wildman–Crippen LogP) is 2.99. The zero-order chi connectivity index (χ0) is 17.9. The third-order valence-corrected chi connectivity index (χ3v) is 5.01. The summed E-state index contributed by atoms with van der Waals surface area (Å²) in [5.41, 5.74) is 0.899. The van der Waals surface area contributed by atoms with Gasteiger partial charge in [-0.25, -0.2) is 0 Å². The third kappa shape index (κ3) is 5.10. The zero-order valence-electron chi connectivity index (χ0n) is 13.8. The van der Waals surface area contributed by atoms with Crippen molar-refractivity contribution in [1.29, 1.82) is 0 Å². The number of nitrogens with zero attached hydrogens (tertiary/aromatic N) is 2. The zero-order valence-corrected chi connectivity index (χ0v) is 15.3. The Morgan fingerprint density at radius 2 is 2.00 bits per heavy atom. The van der Waals surface area contributed by atoms with E-state index in [1.165, 1.54) is 0 Å². The molecule has 1 N–H and O–H groups in total. The van der Waals surface area contributed by atoms with Gasteiger partial charge in [0, 0.05) is 26.7 Å². The number of carbonyl (C=O) groups excluding carboxylic acids is 1. The molecule has 7 heteroatoms. The normalized spacial score (nSPS) is 21.5. The van der Waals surface area contributed by atoms with Crippen molar-refractivity contribution in [3.8, 4) is 0 Å². The lowest BCUT2D eigenvalue weighted by Gasteiger charge is -2.35. The number of hydrogen-bond acceptors (Lipinski definition) is 3. The van der Waals surface area contributed by atoms with Gasteiger partial charge in [-0.05, 0) is 30.0 Å². The average molecular weight is 373 g/mol. The molecule has 2 atom stereocenters. The van der Waals surface area contributed by atoms with Crippen LogP contribution in [-0.2, 0) is 16.1 Å². The summed E-state index contributed by atoms with van der Waals surface area (Å²) >= 11 is 11.9. The Kier molecular flexibility index (Phi) is 6.49. The summed E-state index contributed by atoms with van der Waals surface area (Å²) in [6.45, 7) is 3.85. The van der Waals surface area contributed by atoms with Crippen molar-refractivity contribution in [3.05, 3.63) is 33.8 Å². The first-order valence-electron chi connectivity index (χ1n) is 7.89. The Labute approximate surface area is 152 Å². The molecule has 1 fully saturated rings. The van der Waals surface area contributed by atoms with Gasteiger partial charge < -0.3 is 10.0 Å². The van der Waals surface area contributed by atoms with E-state index in [-0.39, 0.29) is 18.4 Å². The van der Waals surface area contributed by atoms with E-state index in [0.717, 1.165) is 12.1 Å². The van der Waals surface area contributed by atoms with E-state index in [1.807, 2.05) is 17.9 Å². The number of carboxylic acid groups (broad SMARTS) is 1. The third-order valence-electron chi connectivity index (χ3n) is 4.27. The van der Waals surface area contributed by atoms with Crippen molar-refractivity contribution >= 4 is 35.1 Å². The lowest BCUT2D eigenvalue weighted by atomic mass is 9.90. The van der Waals surface area contributed by atoms with Gasteiger partial charge in [-0.2, -0.15) is 0 Å². The highest BCUT2D eigenvalue weighted by Crippen LogP contribution is 2.24. The molecule has 2 unspecified atom stereocenters. The van der Waals surface area contributed by atoms with Gasteiger partial charge in [-0.15, -0.1) is 0 Å². The van der Waals surface area contributed by atoms with Crippen LogP contribution in [0, 0.1) is 11.8 Å². The van der Waals surface area contributed by atoms with E-state index in [0.29, 0.717) is 29.6 Å². The monoisotopic (exact) mass is 372 g/mol. The summed E-state index contributed by atoms with van der Waals surface area (Å²) in [5.74, 6) is -0.961. The van der Waals surface area contributed by atoms with Crippen LogP contribution < -0.4 is 0 Å². The number of amides is 1. The van der Waals surface area contributed by atoms with Gasteiger partial charge >= 0.3 is 5.97 Å². The topological polar surface area (TPSA) is 60.9 Å². The number of likely N-dealkylation sites (N-methyl/N-ethyl adjacent to an activating group) is 1. The maximum Gasteiger partial charge on any atom is 0.307 e. The number of likely N-dealkylation sites (tertiary alicyclic amines) is 1. The first kappa shape index (κ1) is 19.0. The van der Waals surface area contributed by atoms with Gasteiger partial charge in [0.2, 0.25) is 5.91 Å². The molecule has 132 valence electrons. The number of halogens is 2. The van der Waals surface area contributed by atoms with Crippen LogP contribution >= 0.6 is 23.2 Å². The number of carbonyl (C=O) groups is 2. The first-order chi connectivity index (χ1) is 11.3. The second kappa shape index (κ2) is 8.19. The number of piperidine rings is 1. The Bertz CT molecular complexity index is 624. The lowest BCUT2D eigenvalue weighted by molar-refractivity contribution is -0.145. The van der Waals surface area contributed by atoms with E-state index in [9.17, 15) is 14.7 Å². The molecule has 1 heterocycles. The quantitative estimate of drug-likeness (QED) is 0.862. The highest BCUT2D eigenvalue weighted by atomic mass is 35.5. The minimum Gasteiger partial charge on any atom is -0.481 e. The van der Waals surface area contributed by atoms with Crippen LogP contribution in [0.5, 0.6) is 0 Å². The summed E-state index contributed by atoms with van der Waals surface area (Å²) in [4.78, 5) is 27.2. The first-order valence-corrected chi connectivity index (χ1v) is 8.65.